The molecule has 0 heterocycles. The fraction of sp³-hybridized carbons (Fsp3) is 0.238. The summed E-state index contributed by atoms with van der Waals surface area (Å²) in [6.45, 7) is 5.46. The van der Waals surface area contributed by atoms with Gasteiger partial charge in [-0.3, -0.25) is 4.79 Å². The van der Waals surface area contributed by atoms with Gasteiger partial charge in [-0.15, -0.1) is 0 Å². The Morgan fingerprint density at radius 1 is 1.12 bits per heavy atom. The Hall–Kier alpha value is -2.33. The zero-order chi connectivity index (χ0) is 18.9. The molecule has 26 heavy (non-hydrogen) atoms. The Labute approximate surface area is 168 Å². The summed E-state index contributed by atoms with van der Waals surface area (Å²) in [5.41, 5.74) is 2.04. The van der Waals surface area contributed by atoms with Crippen LogP contribution in [0.4, 0.5) is 0 Å². The van der Waals surface area contributed by atoms with E-state index in [0.717, 1.165) is 16.9 Å². The molecule has 1 amide bonds. The quantitative estimate of drug-likeness (QED) is 0.344. The van der Waals surface area contributed by atoms with E-state index in [4.69, 9.17) is 4.74 Å². The number of amides is 1. The number of carbonyl (C=O) groups is 1. The van der Waals surface area contributed by atoms with Crippen molar-refractivity contribution in [3.8, 4) is 11.8 Å². The lowest BCUT2D eigenvalue weighted by atomic mass is 10.1. The number of nitrogens with zero attached hydrogens (tertiary/aromatic N) is 2. The maximum atomic E-state index is 12.3. The number of nitriles is 1. The fourth-order valence-electron chi connectivity index (χ4n) is 2.40. The molecule has 0 aromatic heterocycles. The van der Waals surface area contributed by atoms with Crippen molar-refractivity contribution in [2.75, 3.05) is 13.1 Å². The molecule has 0 aliphatic heterocycles. The number of hydrogen-bond acceptors (Lipinski definition) is 3. The Kier molecular flexibility index (Phi) is 7.67. The summed E-state index contributed by atoms with van der Waals surface area (Å²) in [5, 5.41) is 9.29. The lowest BCUT2D eigenvalue weighted by Gasteiger charge is -2.17. The van der Waals surface area contributed by atoms with Crippen LogP contribution in [0.15, 0.2) is 54.1 Å². The minimum Gasteiger partial charge on any atom is -0.489 e. The van der Waals surface area contributed by atoms with E-state index in [0.29, 0.717) is 19.7 Å². The molecule has 134 valence electrons. The van der Waals surface area contributed by atoms with Crippen LogP contribution in [-0.4, -0.2) is 23.9 Å². The standard InChI is InChI=1S/C21H21IN2O2/c1-3-24(4-2)21(25)18(14-23)13-16-7-11-20(12-8-16)26-15-17-5-9-19(22)10-6-17/h5-13H,3-4,15H2,1-2H3/b18-13-. The highest BCUT2D eigenvalue weighted by molar-refractivity contribution is 14.1. The van der Waals surface area contributed by atoms with Gasteiger partial charge in [0.05, 0.1) is 0 Å². The predicted molar refractivity (Wildman–Crippen MR) is 111 cm³/mol. The number of carbonyl (C=O) groups excluding carboxylic acids is 1. The van der Waals surface area contributed by atoms with E-state index >= 15 is 0 Å². The molecule has 2 rings (SSSR count). The van der Waals surface area contributed by atoms with Gasteiger partial charge in [-0.25, -0.2) is 0 Å². The average molecular weight is 460 g/mol. The van der Waals surface area contributed by atoms with Crippen LogP contribution in [0.5, 0.6) is 5.75 Å². The maximum absolute atomic E-state index is 12.3. The van der Waals surface area contributed by atoms with Crippen LogP contribution in [0, 0.1) is 14.9 Å². The third kappa shape index (κ3) is 5.60. The van der Waals surface area contributed by atoms with Crippen molar-refractivity contribution in [1.29, 1.82) is 5.26 Å². The Morgan fingerprint density at radius 3 is 2.27 bits per heavy atom. The van der Waals surface area contributed by atoms with Crippen LogP contribution in [-0.2, 0) is 11.4 Å². The number of hydrogen-bond donors (Lipinski definition) is 0. The van der Waals surface area contributed by atoms with E-state index in [2.05, 4.69) is 22.6 Å². The van der Waals surface area contributed by atoms with Crippen molar-refractivity contribution in [3.63, 3.8) is 0 Å². The first-order chi connectivity index (χ1) is 12.6. The normalized spacial score (nSPS) is 10.9. The molecule has 0 aliphatic rings. The van der Waals surface area contributed by atoms with E-state index < -0.39 is 0 Å². The van der Waals surface area contributed by atoms with Crippen molar-refractivity contribution >= 4 is 34.6 Å². The summed E-state index contributed by atoms with van der Waals surface area (Å²) >= 11 is 2.27. The minimum absolute atomic E-state index is 0.140. The van der Waals surface area contributed by atoms with Crippen LogP contribution in [0.25, 0.3) is 6.08 Å². The van der Waals surface area contributed by atoms with Crippen molar-refractivity contribution in [2.24, 2.45) is 0 Å². The van der Waals surface area contributed by atoms with E-state index in [1.165, 1.54) is 3.57 Å². The lowest BCUT2D eigenvalue weighted by molar-refractivity contribution is -0.126. The third-order valence-corrected chi connectivity index (χ3v) is 4.63. The van der Waals surface area contributed by atoms with E-state index in [1.807, 2.05) is 68.4 Å². The first kappa shape index (κ1) is 20.0. The van der Waals surface area contributed by atoms with Crippen molar-refractivity contribution in [2.45, 2.75) is 20.5 Å². The molecule has 2 aromatic rings. The SMILES string of the molecule is CCN(CC)C(=O)/C(C#N)=C\c1ccc(OCc2ccc(I)cc2)cc1. The fourth-order valence-corrected chi connectivity index (χ4v) is 2.76. The number of halogens is 1. The third-order valence-electron chi connectivity index (χ3n) is 3.91. The molecule has 0 N–H and O–H groups in total. The highest BCUT2D eigenvalue weighted by Crippen LogP contribution is 2.17. The molecule has 0 saturated heterocycles. The molecule has 0 spiro atoms. The van der Waals surface area contributed by atoms with Crippen molar-refractivity contribution in [3.05, 3.63) is 68.8 Å². The summed E-state index contributed by atoms with van der Waals surface area (Å²) in [7, 11) is 0. The largest absolute Gasteiger partial charge is 0.489 e. The topological polar surface area (TPSA) is 53.3 Å². The second-order valence-electron chi connectivity index (χ2n) is 5.63. The Morgan fingerprint density at radius 2 is 1.73 bits per heavy atom. The van der Waals surface area contributed by atoms with Crippen LogP contribution in [0.1, 0.15) is 25.0 Å². The summed E-state index contributed by atoms with van der Waals surface area (Å²) in [6.07, 6.45) is 1.61. The molecule has 2 aromatic carbocycles. The molecule has 0 saturated carbocycles. The summed E-state index contributed by atoms with van der Waals surface area (Å²) < 4.78 is 6.97. The number of ether oxygens (including phenoxy) is 1. The van der Waals surface area contributed by atoms with Gasteiger partial charge in [-0.2, -0.15) is 5.26 Å². The summed E-state index contributed by atoms with van der Waals surface area (Å²) in [4.78, 5) is 13.9. The molecule has 0 fully saturated rings. The van der Waals surface area contributed by atoms with Gasteiger partial charge in [0.1, 0.15) is 24.0 Å². The highest BCUT2D eigenvalue weighted by Gasteiger charge is 2.15. The van der Waals surface area contributed by atoms with E-state index in [1.54, 1.807) is 11.0 Å². The van der Waals surface area contributed by atoms with Crippen molar-refractivity contribution < 1.29 is 9.53 Å². The number of rotatable bonds is 7. The summed E-state index contributed by atoms with van der Waals surface area (Å²) in [5.74, 6) is 0.505. The zero-order valence-corrected chi connectivity index (χ0v) is 17.1. The van der Waals surface area contributed by atoms with E-state index in [9.17, 15) is 10.1 Å². The Bertz CT molecular complexity index is 801. The molecule has 0 bridgehead atoms. The van der Waals surface area contributed by atoms with Gasteiger partial charge < -0.3 is 9.64 Å². The zero-order valence-electron chi connectivity index (χ0n) is 14.9. The number of likely N-dealkylation sites (N-methyl/N-ethyl adjacent to an activating group) is 1. The Balaban J connectivity index is 2.04. The van der Waals surface area contributed by atoms with Gasteiger partial charge in [-0.05, 0) is 77.9 Å². The average Bonchev–Trinajstić information content (AvgIpc) is 2.67. The molecule has 0 unspecified atom stereocenters. The van der Waals surface area contributed by atoms with Crippen LogP contribution >= 0.6 is 22.6 Å². The van der Waals surface area contributed by atoms with Gasteiger partial charge in [-0.1, -0.05) is 24.3 Å². The smallest absolute Gasteiger partial charge is 0.264 e. The summed E-state index contributed by atoms with van der Waals surface area (Å²) in [6, 6.07) is 17.5. The van der Waals surface area contributed by atoms with Crippen LogP contribution in [0.3, 0.4) is 0 Å². The minimum atomic E-state index is -0.239. The molecule has 4 nitrogen and oxygen atoms in total. The van der Waals surface area contributed by atoms with Gasteiger partial charge in [0.2, 0.25) is 0 Å². The van der Waals surface area contributed by atoms with Crippen molar-refractivity contribution in [1.82, 2.24) is 4.90 Å². The second-order valence-corrected chi connectivity index (χ2v) is 6.88. The van der Waals surface area contributed by atoms with Gasteiger partial charge >= 0.3 is 0 Å². The van der Waals surface area contributed by atoms with E-state index in [-0.39, 0.29) is 11.5 Å². The van der Waals surface area contributed by atoms with Gasteiger partial charge in [0.25, 0.3) is 5.91 Å². The molecular weight excluding hydrogens is 439 g/mol. The van der Waals surface area contributed by atoms with Gasteiger partial charge in [0, 0.05) is 16.7 Å². The molecular formula is C21H21IN2O2. The highest BCUT2D eigenvalue weighted by atomic mass is 127. The number of benzene rings is 2. The van der Waals surface area contributed by atoms with Crippen LogP contribution in [0.2, 0.25) is 0 Å². The molecule has 0 atom stereocenters. The molecule has 0 aliphatic carbocycles. The molecule has 0 radical (unpaired) electrons. The lowest BCUT2D eigenvalue weighted by Crippen LogP contribution is -2.31. The molecule has 5 heteroatoms. The first-order valence-electron chi connectivity index (χ1n) is 8.45. The first-order valence-corrected chi connectivity index (χ1v) is 9.53. The second kappa shape index (κ2) is 9.97. The maximum Gasteiger partial charge on any atom is 0.264 e. The van der Waals surface area contributed by atoms with Crippen LogP contribution < -0.4 is 4.74 Å². The predicted octanol–water partition coefficient (Wildman–Crippen LogP) is 4.65. The monoisotopic (exact) mass is 460 g/mol. The van der Waals surface area contributed by atoms with Gasteiger partial charge in [0.15, 0.2) is 0 Å².